The Kier molecular flexibility index (Phi) is 5.60. The lowest BCUT2D eigenvalue weighted by molar-refractivity contribution is -0.127. The fourth-order valence-corrected chi connectivity index (χ4v) is 4.15. The largest absolute Gasteiger partial charge is 0.382 e. The molecule has 7 nitrogen and oxygen atoms in total. The van der Waals surface area contributed by atoms with Crippen molar-refractivity contribution < 1.29 is 13.9 Å². The van der Waals surface area contributed by atoms with E-state index in [1.807, 2.05) is 29.7 Å². The Morgan fingerprint density at radius 3 is 2.67 bits per heavy atom. The third kappa shape index (κ3) is 4.21. The van der Waals surface area contributed by atoms with Crippen LogP contribution in [0.15, 0.2) is 48.8 Å². The zero-order valence-corrected chi connectivity index (χ0v) is 18.3. The monoisotopic (exact) mass is 445 g/mol. The molecule has 0 bridgehead atoms. The molecule has 168 valence electrons. The average molecular weight is 445 g/mol. The molecule has 0 aliphatic carbocycles. The van der Waals surface area contributed by atoms with Crippen molar-refractivity contribution in [1.82, 2.24) is 19.4 Å². The van der Waals surface area contributed by atoms with Crippen molar-refractivity contribution >= 4 is 17.2 Å². The Bertz CT molecular complexity index is 1330. The lowest BCUT2D eigenvalue weighted by atomic mass is 10.0. The number of imidazole rings is 1. The van der Waals surface area contributed by atoms with Gasteiger partial charge >= 0.3 is 0 Å². The van der Waals surface area contributed by atoms with Crippen LogP contribution in [0.2, 0.25) is 0 Å². The summed E-state index contributed by atoms with van der Waals surface area (Å²) >= 11 is 0. The molecule has 5 rings (SSSR count). The number of halogens is 1. The highest BCUT2D eigenvalue weighted by atomic mass is 19.1. The number of pyridine rings is 1. The first-order valence-corrected chi connectivity index (χ1v) is 11.0. The van der Waals surface area contributed by atoms with Gasteiger partial charge in [0.2, 0.25) is 0 Å². The molecule has 1 aromatic carbocycles. The number of fused-ring (bicyclic) bond motifs is 1. The second-order valence-electron chi connectivity index (χ2n) is 8.27. The van der Waals surface area contributed by atoms with Crippen LogP contribution >= 0.6 is 0 Å². The normalized spacial score (nSPS) is 15.9. The summed E-state index contributed by atoms with van der Waals surface area (Å²) in [6.07, 6.45) is 5.76. The number of carbonyl (C=O) groups is 1. The zero-order valence-electron chi connectivity index (χ0n) is 18.3. The Balaban J connectivity index is 1.56. The smallest absolute Gasteiger partial charge is 0.161 e. The molecule has 0 amide bonds. The van der Waals surface area contributed by atoms with Gasteiger partial charge in [-0.3, -0.25) is 4.79 Å². The molecule has 0 spiro atoms. The Hall–Kier alpha value is -3.65. The Morgan fingerprint density at radius 2 is 1.91 bits per heavy atom. The van der Waals surface area contributed by atoms with Crippen molar-refractivity contribution in [3.05, 3.63) is 66.0 Å². The van der Waals surface area contributed by atoms with E-state index in [-0.39, 0.29) is 23.5 Å². The molecule has 1 aliphatic heterocycles. The molecule has 8 heteroatoms. The van der Waals surface area contributed by atoms with Gasteiger partial charge in [-0.1, -0.05) is 0 Å². The first-order chi connectivity index (χ1) is 16.0. The van der Waals surface area contributed by atoms with Crippen molar-refractivity contribution in [2.24, 2.45) is 0 Å². The summed E-state index contributed by atoms with van der Waals surface area (Å²) in [6.45, 7) is 2.60. The number of rotatable bonds is 6. The highest BCUT2D eigenvalue weighted by Gasteiger charge is 2.24. The molecule has 4 aromatic rings. The maximum absolute atomic E-state index is 13.5. The van der Waals surface area contributed by atoms with Crippen LogP contribution in [0.1, 0.15) is 30.7 Å². The SMILES string of the molecule is Cc1cnc2ccc(-c3nc(CCC(=O)[C@H]4CCCO4)c(N)nc3-c3ccc(F)cc3)cn12. The summed E-state index contributed by atoms with van der Waals surface area (Å²) in [5, 5.41) is 0. The highest BCUT2D eigenvalue weighted by Crippen LogP contribution is 2.32. The Morgan fingerprint density at radius 1 is 1.15 bits per heavy atom. The van der Waals surface area contributed by atoms with Crippen molar-refractivity contribution in [2.45, 2.75) is 38.7 Å². The average Bonchev–Trinajstić information content (AvgIpc) is 3.49. The number of anilines is 1. The molecule has 1 fully saturated rings. The predicted molar refractivity (Wildman–Crippen MR) is 123 cm³/mol. The van der Waals surface area contributed by atoms with Gasteiger partial charge in [-0.2, -0.15) is 0 Å². The van der Waals surface area contributed by atoms with Gasteiger partial charge in [-0.05, 0) is 56.2 Å². The number of aromatic nitrogens is 4. The van der Waals surface area contributed by atoms with Crippen molar-refractivity contribution in [3.63, 3.8) is 0 Å². The van der Waals surface area contributed by atoms with Crippen LogP contribution in [0.3, 0.4) is 0 Å². The fraction of sp³-hybridized carbons (Fsp3) is 0.280. The second kappa shape index (κ2) is 8.71. The predicted octanol–water partition coefficient (Wildman–Crippen LogP) is 4.17. The van der Waals surface area contributed by atoms with Gasteiger partial charge in [-0.15, -0.1) is 0 Å². The van der Waals surface area contributed by atoms with Crippen LogP contribution in [-0.2, 0) is 16.0 Å². The fourth-order valence-electron chi connectivity index (χ4n) is 4.15. The van der Waals surface area contributed by atoms with E-state index in [2.05, 4.69) is 9.97 Å². The molecule has 0 unspecified atom stereocenters. The number of aryl methyl sites for hydroxylation is 2. The number of ether oxygens (including phenoxy) is 1. The van der Waals surface area contributed by atoms with E-state index in [1.165, 1.54) is 12.1 Å². The summed E-state index contributed by atoms with van der Waals surface area (Å²) in [7, 11) is 0. The number of hydrogen-bond donors (Lipinski definition) is 1. The number of benzene rings is 1. The summed E-state index contributed by atoms with van der Waals surface area (Å²) < 4.78 is 21.0. The first kappa shape index (κ1) is 21.2. The molecule has 2 N–H and O–H groups in total. The third-order valence-electron chi connectivity index (χ3n) is 5.98. The van der Waals surface area contributed by atoms with Gasteiger partial charge in [-0.25, -0.2) is 19.3 Å². The molecule has 1 saturated heterocycles. The van der Waals surface area contributed by atoms with Crippen molar-refractivity contribution in [2.75, 3.05) is 12.3 Å². The lowest BCUT2D eigenvalue weighted by Crippen LogP contribution is -2.20. The van der Waals surface area contributed by atoms with Crippen molar-refractivity contribution in [1.29, 1.82) is 0 Å². The summed E-state index contributed by atoms with van der Waals surface area (Å²) in [5.41, 5.74) is 11.3. The Labute approximate surface area is 190 Å². The minimum atomic E-state index is -0.332. The third-order valence-corrected chi connectivity index (χ3v) is 5.98. The van der Waals surface area contributed by atoms with Crippen LogP contribution in [-0.4, -0.2) is 37.8 Å². The summed E-state index contributed by atoms with van der Waals surface area (Å²) in [4.78, 5) is 26.4. The maximum atomic E-state index is 13.5. The molecule has 0 radical (unpaired) electrons. The van der Waals surface area contributed by atoms with Gasteiger partial charge in [0.05, 0.1) is 17.1 Å². The van der Waals surface area contributed by atoms with Crippen LogP contribution in [0.4, 0.5) is 10.2 Å². The van der Waals surface area contributed by atoms with Gasteiger partial charge < -0.3 is 14.9 Å². The number of Topliss-reactive ketones (excluding diaryl/α,β-unsaturated/α-hetero) is 1. The van der Waals surface area contributed by atoms with Gasteiger partial charge in [0, 0.05) is 48.7 Å². The standard InChI is InChI=1S/C25H24FN5O2/c1-15-13-28-22-11-6-17(14-31(15)22)24-23(16-4-7-18(26)8-5-16)30-25(27)19(29-24)9-10-20(32)21-3-2-12-33-21/h4-8,11,13-14,21H,2-3,9-10,12H2,1H3,(H2,27,30)/t21-/m1/s1. The van der Waals surface area contributed by atoms with E-state index >= 15 is 0 Å². The number of carbonyl (C=O) groups excluding carboxylic acids is 1. The second-order valence-corrected chi connectivity index (χ2v) is 8.27. The molecule has 4 heterocycles. The van der Waals surface area contributed by atoms with Crippen LogP contribution in [0.25, 0.3) is 28.2 Å². The first-order valence-electron chi connectivity index (χ1n) is 11.0. The lowest BCUT2D eigenvalue weighted by Gasteiger charge is -2.14. The van der Waals surface area contributed by atoms with Gasteiger partial charge in [0.15, 0.2) is 5.78 Å². The van der Waals surface area contributed by atoms with Gasteiger partial charge in [0.1, 0.15) is 23.4 Å². The van der Waals surface area contributed by atoms with Crippen molar-refractivity contribution in [3.8, 4) is 22.5 Å². The molecular formula is C25H24FN5O2. The highest BCUT2D eigenvalue weighted by molar-refractivity contribution is 5.84. The van der Waals surface area contributed by atoms with E-state index in [9.17, 15) is 9.18 Å². The molecule has 33 heavy (non-hydrogen) atoms. The molecule has 1 aliphatic rings. The number of nitrogens with two attached hydrogens (primary N) is 1. The van der Waals surface area contributed by atoms with Crippen LogP contribution < -0.4 is 5.73 Å². The quantitative estimate of drug-likeness (QED) is 0.479. The summed E-state index contributed by atoms with van der Waals surface area (Å²) in [6, 6.07) is 9.92. The molecular weight excluding hydrogens is 421 g/mol. The van der Waals surface area contributed by atoms with E-state index in [0.29, 0.717) is 42.1 Å². The molecule has 0 saturated carbocycles. The van der Waals surface area contributed by atoms with Crippen LogP contribution in [0, 0.1) is 12.7 Å². The van der Waals surface area contributed by atoms with Gasteiger partial charge in [0.25, 0.3) is 0 Å². The van der Waals surface area contributed by atoms with E-state index in [4.69, 9.17) is 15.5 Å². The molecule has 1 atom stereocenters. The number of ketones is 1. The van der Waals surface area contributed by atoms with E-state index in [1.54, 1.807) is 18.3 Å². The number of nitrogens with zero attached hydrogens (tertiary/aromatic N) is 4. The van der Waals surface area contributed by atoms with Crippen LogP contribution in [0.5, 0.6) is 0 Å². The maximum Gasteiger partial charge on any atom is 0.161 e. The number of hydrogen-bond acceptors (Lipinski definition) is 6. The minimum absolute atomic E-state index is 0.0633. The summed E-state index contributed by atoms with van der Waals surface area (Å²) in [5.74, 6) is -0.00705. The minimum Gasteiger partial charge on any atom is -0.382 e. The van der Waals surface area contributed by atoms with E-state index < -0.39 is 0 Å². The van der Waals surface area contributed by atoms with E-state index in [0.717, 1.165) is 29.7 Å². The zero-order chi connectivity index (χ0) is 22.9. The molecule has 3 aromatic heterocycles. The number of nitrogen functional groups attached to an aromatic ring is 1. The topological polar surface area (TPSA) is 95.4 Å².